The normalized spacial score (nSPS) is 11.9. The van der Waals surface area contributed by atoms with Gasteiger partial charge in [0.05, 0.1) is 18.2 Å². The molecule has 1 aromatic heterocycles. The van der Waals surface area contributed by atoms with Gasteiger partial charge in [0, 0.05) is 31.2 Å². The number of nitrogens with one attached hydrogen (secondary N) is 1. The van der Waals surface area contributed by atoms with Crippen LogP contribution in [0.5, 0.6) is 5.75 Å². The summed E-state index contributed by atoms with van der Waals surface area (Å²) in [6.07, 6.45) is 0. The maximum atomic E-state index is 12.8. The monoisotopic (exact) mass is 315 g/mol. The molecule has 1 heterocycles. The summed E-state index contributed by atoms with van der Waals surface area (Å²) in [5.41, 5.74) is 1.94. The van der Waals surface area contributed by atoms with Crippen LogP contribution in [0, 0.1) is 6.92 Å². The number of hydrogen-bond acceptors (Lipinski definition) is 4. The molecule has 6 nitrogen and oxygen atoms in total. The molecular weight excluding hydrogens is 294 g/mol. The van der Waals surface area contributed by atoms with E-state index in [-0.39, 0.29) is 11.8 Å². The van der Waals surface area contributed by atoms with E-state index in [0.29, 0.717) is 16.8 Å². The molecule has 0 spiro atoms. The van der Waals surface area contributed by atoms with Gasteiger partial charge < -0.3 is 15.0 Å². The van der Waals surface area contributed by atoms with Crippen LogP contribution in [0.1, 0.15) is 23.0 Å². The average Bonchev–Trinajstić information content (AvgIpc) is 2.57. The van der Waals surface area contributed by atoms with Crippen molar-refractivity contribution < 1.29 is 14.3 Å². The number of aromatic nitrogens is 1. The van der Waals surface area contributed by atoms with Crippen LogP contribution in [-0.2, 0) is 4.79 Å². The number of aryl methyl sites for hydroxylation is 1. The molecule has 0 radical (unpaired) electrons. The first-order chi connectivity index (χ1) is 10.9. The second kappa shape index (κ2) is 6.64. The van der Waals surface area contributed by atoms with Crippen molar-refractivity contribution in [3.05, 3.63) is 35.5 Å². The molecule has 0 aliphatic carbocycles. The fourth-order valence-corrected chi connectivity index (χ4v) is 2.40. The summed E-state index contributed by atoms with van der Waals surface area (Å²) >= 11 is 0. The van der Waals surface area contributed by atoms with E-state index >= 15 is 0 Å². The molecule has 23 heavy (non-hydrogen) atoms. The van der Waals surface area contributed by atoms with E-state index in [9.17, 15) is 9.59 Å². The number of pyridine rings is 1. The summed E-state index contributed by atoms with van der Waals surface area (Å²) in [4.78, 5) is 30.5. The second-order valence-corrected chi connectivity index (χ2v) is 5.40. The van der Waals surface area contributed by atoms with Crippen molar-refractivity contribution in [2.24, 2.45) is 0 Å². The van der Waals surface area contributed by atoms with Crippen molar-refractivity contribution in [1.82, 2.24) is 15.2 Å². The lowest BCUT2D eigenvalue weighted by molar-refractivity contribution is -0.124. The molecule has 2 aromatic rings. The number of ether oxygens (including phenoxy) is 1. The van der Waals surface area contributed by atoms with Crippen molar-refractivity contribution in [3.8, 4) is 5.75 Å². The molecule has 1 N–H and O–H groups in total. The summed E-state index contributed by atoms with van der Waals surface area (Å²) in [6.45, 7) is 3.52. The third kappa shape index (κ3) is 3.26. The molecule has 122 valence electrons. The number of hydrogen-bond donors (Lipinski definition) is 1. The van der Waals surface area contributed by atoms with E-state index < -0.39 is 6.04 Å². The third-order valence-electron chi connectivity index (χ3n) is 3.90. The maximum absolute atomic E-state index is 12.8. The molecule has 2 amide bonds. The fourth-order valence-electron chi connectivity index (χ4n) is 2.40. The molecule has 0 fully saturated rings. The first-order valence-electron chi connectivity index (χ1n) is 7.33. The van der Waals surface area contributed by atoms with Gasteiger partial charge in [0.1, 0.15) is 11.8 Å². The summed E-state index contributed by atoms with van der Waals surface area (Å²) in [5, 5.41) is 3.29. The Bertz CT molecular complexity index is 758. The van der Waals surface area contributed by atoms with Gasteiger partial charge in [-0.1, -0.05) is 0 Å². The average molecular weight is 315 g/mol. The maximum Gasteiger partial charge on any atom is 0.255 e. The number of carbonyl (C=O) groups is 2. The van der Waals surface area contributed by atoms with E-state index in [0.717, 1.165) is 11.1 Å². The smallest absolute Gasteiger partial charge is 0.255 e. The highest BCUT2D eigenvalue weighted by atomic mass is 16.5. The molecule has 6 heteroatoms. The van der Waals surface area contributed by atoms with Crippen LogP contribution in [0.3, 0.4) is 0 Å². The lowest BCUT2D eigenvalue weighted by Crippen LogP contribution is -2.44. The van der Waals surface area contributed by atoms with Gasteiger partial charge in [-0.3, -0.25) is 14.6 Å². The number of rotatable bonds is 4. The highest BCUT2D eigenvalue weighted by molar-refractivity contribution is 6.07. The topological polar surface area (TPSA) is 71.5 Å². The van der Waals surface area contributed by atoms with Gasteiger partial charge in [0.25, 0.3) is 5.91 Å². The highest BCUT2D eigenvalue weighted by Gasteiger charge is 2.24. The summed E-state index contributed by atoms with van der Waals surface area (Å²) in [7, 11) is 4.75. The van der Waals surface area contributed by atoms with Crippen molar-refractivity contribution >= 4 is 22.7 Å². The van der Waals surface area contributed by atoms with E-state index in [1.54, 1.807) is 46.3 Å². The molecule has 0 saturated carbocycles. The van der Waals surface area contributed by atoms with E-state index in [1.807, 2.05) is 13.0 Å². The Kier molecular flexibility index (Phi) is 4.83. The lowest BCUT2D eigenvalue weighted by Gasteiger charge is -2.24. The Morgan fingerprint density at radius 1 is 1.30 bits per heavy atom. The van der Waals surface area contributed by atoms with Crippen molar-refractivity contribution in [3.63, 3.8) is 0 Å². The predicted octanol–water partition coefficient (Wildman–Crippen LogP) is 1.76. The second-order valence-electron chi connectivity index (χ2n) is 5.40. The highest BCUT2D eigenvalue weighted by Crippen LogP contribution is 2.24. The first-order valence-corrected chi connectivity index (χ1v) is 7.33. The van der Waals surface area contributed by atoms with Gasteiger partial charge in [0.2, 0.25) is 5.91 Å². The molecular formula is C17H21N3O3. The number of carbonyl (C=O) groups excluding carboxylic acids is 2. The van der Waals surface area contributed by atoms with Crippen LogP contribution in [-0.4, -0.2) is 48.9 Å². The van der Waals surface area contributed by atoms with E-state index in [1.165, 1.54) is 4.90 Å². The molecule has 1 atom stereocenters. The van der Waals surface area contributed by atoms with Crippen molar-refractivity contribution in [2.45, 2.75) is 19.9 Å². The van der Waals surface area contributed by atoms with Crippen molar-refractivity contribution in [2.75, 3.05) is 21.2 Å². The number of methoxy groups -OCH3 is 1. The molecule has 0 saturated heterocycles. The molecule has 0 aliphatic heterocycles. The van der Waals surface area contributed by atoms with Gasteiger partial charge in [-0.25, -0.2) is 0 Å². The Hall–Kier alpha value is -2.63. The number of benzene rings is 1. The van der Waals surface area contributed by atoms with Gasteiger partial charge in [-0.15, -0.1) is 0 Å². The number of nitrogens with zero attached hydrogens (tertiary/aromatic N) is 2. The lowest BCUT2D eigenvalue weighted by atomic mass is 10.1. The van der Waals surface area contributed by atoms with Crippen molar-refractivity contribution in [1.29, 1.82) is 0 Å². The van der Waals surface area contributed by atoms with Gasteiger partial charge in [-0.2, -0.15) is 0 Å². The molecule has 0 unspecified atom stereocenters. The number of fused-ring (bicyclic) bond motifs is 1. The first kappa shape index (κ1) is 16.7. The Morgan fingerprint density at radius 3 is 2.61 bits per heavy atom. The minimum Gasteiger partial charge on any atom is -0.497 e. The predicted molar refractivity (Wildman–Crippen MR) is 88.7 cm³/mol. The van der Waals surface area contributed by atoms with Crippen LogP contribution in [0.4, 0.5) is 0 Å². The molecule has 2 rings (SSSR count). The van der Waals surface area contributed by atoms with E-state index in [2.05, 4.69) is 10.3 Å². The van der Waals surface area contributed by atoms with Gasteiger partial charge >= 0.3 is 0 Å². The standard InChI is InChI=1S/C17H21N3O3/c1-10-8-14(17(22)20(4)11(2)16(21)18-3)13-7-6-12(23-5)9-15(13)19-10/h6-9,11H,1-5H3,(H,18,21)/t11-/m1/s1. The molecule has 0 bridgehead atoms. The van der Waals surface area contributed by atoms with Crippen LogP contribution < -0.4 is 10.1 Å². The number of likely N-dealkylation sites (N-methyl/N-ethyl adjacent to an activating group) is 2. The molecule has 1 aromatic carbocycles. The molecule has 0 aliphatic rings. The Balaban J connectivity index is 2.50. The Labute approximate surface area is 135 Å². The van der Waals surface area contributed by atoms with Crippen LogP contribution in [0.2, 0.25) is 0 Å². The zero-order chi connectivity index (χ0) is 17.1. The van der Waals surface area contributed by atoms with Gasteiger partial charge in [0.15, 0.2) is 0 Å². The quantitative estimate of drug-likeness (QED) is 0.933. The minimum atomic E-state index is -0.561. The van der Waals surface area contributed by atoms with Crippen LogP contribution in [0.25, 0.3) is 10.9 Å². The summed E-state index contributed by atoms with van der Waals surface area (Å²) in [6, 6.07) is 6.57. The fraction of sp³-hybridized carbons (Fsp3) is 0.353. The van der Waals surface area contributed by atoms with Gasteiger partial charge in [-0.05, 0) is 32.0 Å². The zero-order valence-corrected chi connectivity index (χ0v) is 14.0. The zero-order valence-electron chi connectivity index (χ0n) is 14.0. The van der Waals surface area contributed by atoms with Crippen LogP contribution in [0.15, 0.2) is 24.3 Å². The minimum absolute atomic E-state index is 0.211. The third-order valence-corrected chi connectivity index (χ3v) is 3.90. The Morgan fingerprint density at radius 2 is 2.00 bits per heavy atom. The summed E-state index contributed by atoms with van der Waals surface area (Å²) in [5.74, 6) is 0.250. The van der Waals surface area contributed by atoms with E-state index in [4.69, 9.17) is 4.74 Å². The summed E-state index contributed by atoms with van der Waals surface area (Å²) < 4.78 is 5.21. The SMILES string of the molecule is CNC(=O)[C@@H](C)N(C)C(=O)c1cc(C)nc2cc(OC)ccc12. The largest absolute Gasteiger partial charge is 0.497 e. The van der Waals surface area contributed by atoms with Crippen LogP contribution >= 0.6 is 0 Å². The number of amides is 2.